The normalized spacial score (nSPS) is 20.9. The minimum atomic E-state index is -4.27. The molecule has 2 nitrogen and oxygen atoms in total. The summed E-state index contributed by atoms with van der Waals surface area (Å²) in [6.45, 7) is 1.61. The lowest BCUT2D eigenvalue weighted by molar-refractivity contribution is -0.137. The van der Waals surface area contributed by atoms with Gasteiger partial charge in [0, 0.05) is 24.8 Å². The van der Waals surface area contributed by atoms with E-state index in [2.05, 4.69) is 4.90 Å². The molecule has 1 fully saturated rings. The quantitative estimate of drug-likeness (QED) is 0.815. The lowest BCUT2D eigenvalue weighted by atomic mass is 10.0. The smallest absolute Gasteiger partial charge is 0.370 e. The predicted molar refractivity (Wildman–Crippen MR) is 70.4 cm³/mol. The van der Waals surface area contributed by atoms with Crippen LogP contribution in [0.5, 0.6) is 0 Å². The van der Waals surface area contributed by atoms with Crippen LogP contribution in [0.1, 0.15) is 18.4 Å². The number of hydrogen-bond donors (Lipinski definition) is 0. The first-order valence-electron chi connectivity index (χ1n) is 6.46. The van der Waals surface area contributed by atoms with E-state index in [0.717, 1.165) is 32.0 Å². The van der Waals surface area contributed by atoms with Gasteiger partial charge >= 0.3 is 6.18 Å². The van der Waals surface area contributed by atoms with Crippen LogP contribution in [0.2, 0.25) is 0 Å². The SMILES string of the molecule is CN(C)[C@@H]1CCCN(c2cccc(C(F)(F)F)c2)C1. The monoisotopic (exact) mass is 272 g/mol. The van der Waals surface area contributed by atoms with Crippen LogP contribution in [0.4, 0.5) is 18.9 Å². The molecule has 0 radical (unpaired) electrons. The first-order chi connectivity index (χ1) is 8.88. The molecular formula is C14H19F3N2. The second-order valence-electron chi connectivity index (χ2n) is 5.25. The van der Waals surface area contributed by atoms with Gasteiger partial charge in [-0.3, -0.25) is 0 Å². The van der Waals surface area contributed by atoms with Crippen molar-refractivity contribution in [3.8, 4) is 0 Å². The molecule has 1 aliphatic rings. The molecule has 1 heterocycles. The fourth-order valence-electron chi connectivity index (χ4n) is 2.49. The average molecular weight is 272 g/mol. The number of hydrogen-bond acceptors (Lipinski definition) is 2. The van der Waals surface area contributed by atoms with E-state index in [1.54, 1.807) is 6.07 Å². The Hall–Kier alpha value is -1.23. The van der Waals surface area contributed by atoms with Crippen LogP contribution >= 0.6 is 0 Å². The van der Waals surface area contributed by atoms with E-state index in [4.69, 9.17) is 0 Å². The van der Waals surface area contributed by atoms with Crippen molar-refractivity contribution < 1.29 is 13.2 Å². The number of piperidine rings is 1. The van der Waals surface area contributed by atoms with Crippen molar-refractivity contribution in [2.75, 3.05) is 32.1 Å². The summed E-state index contributed by atoms with van der Waals surface area (Å²) in [6, 6.07) is 6.02. The highest BCUT2D eigenvalue weighted by Crippen LogP contribution is 2.32. The number of alkyl halides is 3. The fraction of sp³-hybridized carbons (Fsp3) is 0.571. The third kappa shape index (κ3) is 3.41. The van der Waals surface area contributed by atoms with Gasteiger partial charge in [-0.2, -0.15) is 13.2 Å². The third-order valence-corrected chi connectivity index (χ3v) is 3.67. The first-order valence-corrected chi connectivity index (χ1v) is 6.46. The lowest BCUT2D eigenvalue weighted by Crippen LogP contribution is -2.45. The summed E-state index contributed by atoms with van der Waals surface area (Å²) in [6.07, 6.45) is -2.16. The molecule has 0 saturated carbocycles. The van der Waals surface area contributed by atoms with Crippen molar-refractivity contribution in [1.29, 1.82) is 0 Å². The van der Waals surface area contributed by atoms with E-state index in [1.807, 2.05) is 19.0 Å². The molecule has 0 unspecified atom stereocenters. The summed E-state index contributed by atoms with van der Waals surface area (Å²) >= 11 is 0. The maximum atomic E-state index is 12.7. The maximum Gasteiger partial charge on any atom is 0.416 e. The molecule has 1 aliphatic heterocycles. The molecule has 1 atom stereocenters. The van der Waals surface area contributed by atoms with Crippen LogP contribution in [-0.2, 0) is 6.18 Å². The summed E-state index contributed by atoms with van der Waals surface area (Å²) in [5.41, 5.74) is 0.0957. The minimum Gasteiger partial charge on any atom is -0.370 e. The van der Waals surface area contributed by atoms with Crippen molar-refractivity contribution in [2.45, 2.75) is 25.1 Å². The molecule has 0 amide bonds. The second kappa shape index (κ2) is 5.41. The summed E-state index contributed by atoms with van der Waals surface area (Å²) in [7, 11) is 4.03. The van der Waals surface area contributed by atoms with Crippen LogP contribution in [0.15, 0.2) is 24.3 Å². The molecule has 1 aromatic carbocycles. The van der Waals surface area contributed by atoms with Gasteiger partial charge in [0.05, 0.1) is 5.56 Å². The Morgan fingerprint density at radius 2 is 2.00 bits per heavy atom. The van der Waals surface area contributed by atoms with Crippen LogP contribution in [-0.4, -0.2) is 38.1 Å². The number of benzene rings is 1. The number of likely N-dealkylation sites (N-methyl/N-ethyl adjacent to an activating group) is 1. The van der Waals surface area contributed by atoms with Crippen LogP contribution in [0.3, 0.4) is 0 Å². The number of nitrogens with zero attached hydrogens (tertiary/aromatic N) is 2. The predicted octanol–water partition coefficient (Wildman–Crippen LogP) is 3.24. The molecule has 106 valence electrons. The Kier molecular flexibility index (Phi) is 4.04. The standard InChI is InChI=1S/C14H19F3N2/c1-18(2)13-7-4-8-19(10-13)12-6-3-5-11(9-12)14(15,16)17/h3,5-6,9,13H,4,7-8,10H2,1-2H3/t13-/m1/s1. The topological polar surface area (TPSA) is 6.48 Å². The van der Waals surface area contributed by atoms with Gasteiger partial charge in [-0.1, -0.05) is 6.07 Å². The van der Waals surface area contributed by atoms with E-state index < -0.39 is 11.7 Å². The van der Waals surface area contributed by atoms with Gasteiger partial charge in [-0.05, 0) is 45.1 Å². The van der Waals surface area contributed by atoms with Crippen molar-refractivity contribution >= 4 is 5.69 Å². The number of halogens is 3. The minimum absolute atomic E-state index is 0.406. The summed E-state index contributed by atoms with van der Waals surface area (Å²) in [5, 5.41) is 0. The molecule has 1 aromatic rings. The molecule has 5 heteroatoms. The Bertz CT molecular complexity index is 429. The molecule has 0 spiro atoms. The Morgan fingerprint density at radius 3 is 2.63 bits per heavy atom. The van der Waals surface area contributed by atoms with Gasteiger partial charge < -0.3 is 9.80 Å². The molecule has 0 aliphatic carbocycles. The highest BCUT2D eigenvalue weighted by atomic mass is 19.4. The van der Waals surface area contributed by atoms with Gasteiger partial charge in [-0.15, -0.1) is 0 Å². The Morgan fingerprint density at radius 1 is 1.26 bits per heavy atom. The number of anilines is 1. The number of rotatable bonds is 2. The van der Waals surface area contributed by atoms with Crippen molar-refractivity contribution in [1.82, 2.24) is 4.90 Å². The molecule has 0 N–H and O–H groups in total. The largest absolute Gasteiger partial charge is 0.416 e. The first kappa shape index (κ1) is 14.2. The van der Waals surface area contributed by atoms with E-state index in [9.17, 15) is 13.2 Å². The molecular weight excluding hydrogens is 253 g/mol. The fourth-order valence-corrected chi connectivity index (χ4v) is 2.49. The zero-order valence-corrected chi connectivity index (χ0v) is 11.2. The zero-order chi connectivity index (χ0) is 14.0. The van der Waals surface area contributed by atoms with Crippen LogP contribution in [0.25, 0.3) is 0 Å². The average Bonchev–Trinajstić information content (AvgIpc) is 2.38. The van der Waals surface area contributed by atoms with Crippen LogP contribution in [0, 0.1) is 0 Å². The van der Waals surface area contributed by atoms with E-state index in [1.165, 1.54) is 12.1 Å². The molecule has 1 saturated heterocycles. The van der Waals surface area contributed by atoms with Crippen molar-refractivity contribution in [3.05, 3.63) is 29.8 Å². The van der Waals surface area contributed by atoms with Gasteiger partial charge in [0.2, 0.25) is 0 Å². The summed E-state index contributed by atoms with van der Waals surface area (Å²) in [5.74, 6) is 0. The van der Waals surface area contributed by atoms with Crippen LogP contribution < -0.4 is 4.90 Å². The summed E-state index contributed by atoms with van der Waals surface area (Å²) in [4.78, 5) is 4.18. The van der Waals surface area contributed by atoms with Gasteiger partial charge in [0.15, 0.2) is 0 Å². The van der Waals surface area contributed by atoms with Gasteiger partial charge in [0.1, 0.15) is 0 Å². The van der Waals surface area contributed by atoms with Gasteiger partial charge in [0.25, 0.3) is 0 Å². The van der Waals surface area contributed by atoms with E-state index >= 15 is 0 Å². The lowest BCUT2D eigenvalue weighted by Gasteiger charge is -2.37. The highest BCUT2D eigenvalue weighted by Gasteiger charge is 2.31. The van der Waals surface area contributed by atoms with Crippen molar-refractivity contribution in [2.24, 2.45) is 0 Å². The third-order valence-electron chi connectivity index (χ3n) is 3.67. The summed E-state index contributed by atoms with van der Waals surface area (Å²) < 4.78 is 38.1. The van der Waals surface area contributed by atoms with E-state index in [-0.39, 0.29) is 0 Å². The molecule has 0 aromatic heterocycles. The van der Waals surface area contributed by atoms with E-state index in [0.29, 0.717) is 11.7 Å². The van der Waals surface area contributed by atoms with Gasteiger partial charge in [-0.25, -0.2) is 0 Å². The Balaban J connectivity index is 2.17. The Labute approximate surface area is 111 Å². The molecule has 19 heavy (non-hydrogen) atoms. The molecule has 2 rings (SSSR count). The second-order valence-corrected chi connectivity index (χ2v) is 5.25. The molecule has 0 bridgehead atoms. The maximum absolute atomic E-state index is 12.7. The zero-order valence-electron chi connectivity index (χ0n) is 11.2. The van der Waals surface area contributed by atoms with Crippen molar-refractivity contribution in [3.63, 3.8) is 0 Å². The highest BCUT2D eigenvalue weighted by molar-refractivity contribution is 5.49.